The van der Waals surface area contributed by atoms with Crippen LogP contribution in [0, 0.1) is 0 Å². The first-order valence-electron chi connectivity index (χ1n) is 4.22. The number of hydrogen-bond acceptors (Lipinski definition) is 1. The van der Waals surface area contributed by atoms with Crippen molar-refractivity contribution in [2.45, 2.75) is 37.6 Å². The van der Waals surface area contributed by atoms with Crippen LogP contribution in [0.2, 0.25) is 0 Å². The number of hydrogen-bond donors (Lipinski definition) is 1. The molecule has 2 nitrogen and oxygen atoms in total. The lowest BCUT2D eigenvalue weighted by Crippen LogP contribution is -2.62. The van der Waals surface area contributed by atoms with Gasteiger partial charge in [0.25, 0.3) is 0 Å². The van der Waals surface area contributed by atoms with E-state index in [-0.39, 0.29) is 11.4 Å². The Balaban J connectivity index is 2.11. The molecule has 1 heterocycles. The van der Waals surface area contributed by atoms with E-state index in [1.54, 1.807) is 0 Å². The maximum Gasteiger partial charge on any atom is 0.223 e. The molecule has 1 atom stereocenters. The molecule has 1 amide bonds. The van der Waals surface area contributed by atoms with Gasteiger partial charge in [-0.3, -0.25) is 4.79 Å². The minimum Gasteiger partial charge on any atom is -0.346 e. The van der Waals surface area contributed by atoms with E-state index in [1.165, 1.54) is 18.4 Å². The standard InChI is InChI=1S/C9H13NO/c1-7-4-2-3-5-9(7)6-8(11)10-9/h1-6H2,(H,10,11). The number of β-lactam (4-membered cyclic amide) rings is 1. The minimum atomic E-state index is 0.0370. The maximum absolute atomic E-state index is 10.8. The van der Waals surface area contributed by atoms with Gasteiger partial charge in [0.2, 0.25) is 5.91 Å². The third-order valence-corrected chi connectivity index (χ3v) is 2.85. The van der Waals surface area contributed by atoms with Crippen LogP contribution in [0.1, 0.15) is 32.1 Å². The molecule has 2 rings (SSSR count). The second-order valence-electron chi connectivity index (χ2n) is 3.62. The molecule has 1 aliphatic carbocycles. The van der Waals surface area contributed by atoms with Gasteiger partial charge in [-0.25, -0.2) is 0 Å². The molecule has 1 aliphatic heterocycles. The number of nitrogens with one attached hydrogen (secondary N) is 1. The van der Waals surface area contributed by atoms with Crippen molar-refractivity contribution in [1.29, 1.82) is 0 Å². The van der Waals surface area contributed by atoms with E-state index in [0.29, 0.717) is 6.42 Å². The van der Waals surface area contributed by atoms with Crippen molar-refractivity contribution in [3.63, 3.8) is 0 Å². The summed E-state index contributed by atoms with van der Waals surface area (Å²) in [5.74, 6) is 0.188. The van der Waals surface area contributed by atoms with Crippen molar-refractivity contribution in [2.75, 3.05) is 0 Å². The molecule has 2 fully saturated rings. The Morgan fingerprint density at radius 1 is 1.45 bits per heavy atom. The Morgan fingerprint density at radius 2 is 2.18 bits per heavy atom. The number of amides is 1. The molecule has 60 valence electrons. The molecule has 1 saturated carbocycles. The van der Waals surface area contributed by atoms with E-state index in [4.69, 9.17) is 0 Å². The summed E-state index contributed by atoms with van der Waals surface area (Å²) in [5, 5.41) is 2.97. The van der Waals surface area contributed by atoms with E-state index >= 15 is 0 Å². The van der Waals surface area contributed by atoms with Crippen molar-refractivity contribution < 1.29 is 4.79 Å². The fourth-order valence-corrected chi connectivity index (χ4v) is 2.07. The Labute approximate surface area is 66.7 Å². The summed E-state index contributed by atoms with van der Waals surface area (Å²) in [6, 6.07) is 0. The van der Waals surface area contributed by atoms with Gasteiger partial charge in [-0.15, -0.1) is 0 Å². The molecule has 0 aromatic carbocycles. The second kappa shape index (κ2) is 2.10. The first kappa shape index (κ1) is 6.89. The van der Waals surface area contributed by atoms with Crippen LogP contribution >= 0.6 is 0 Å². The van der Waals surface area contributed by atoms with Crippen LogP contribution in [-0.2, 0) is 4.79 Å². The van der Waals surface area contributed by atoms with Gasteiger partial charge in [0, 0.05) is 0 Å². The highest BCUT2D eigenvalue weighted by Crippen LogP contribution is 2.39. The average molecular weight is 151 g/mol. The van der Waals surface area contributed by atoms with Crippen LogP contribution in [0.15, 0.2) is 12.2 Å². The van der Waals surface area contributed by atoms with Gasteiger partial charge in [0.1, 0.15) is 0 Å². The van der Waals surface area contributed by atoms with E-state index < -0.39 is 0 Å². The highest BCUT2D eigenvalue weighted by Gasteiger charge is 2.45. The number of carbonyl (C=O) groups excluding carboxylic acids is 1. The average Bonchev–Trinajstić information content (AvgIpc) is 1.92. The van der Waals surface area contributed by atoms with Gasteiger partial charge in [-0.05, 0) is 19.3 Å². The van der Waals surface area contributed by atoms with Crippen LogP contribution < -0.4 is 5.32 Å². The zero-order chi connectivity index (χ0) is 7.90. The van der Waals surface area contributed by atoms with Crippen LogP contribution in [-0.4, -0.2) is 11.4 Å². The predicted molar refractivity (Wildman–Crippen MR) is 43.1 cm³/mol. The van der Waals surface area contributed by atoms with Gasteiger partial charge >= 0.3 is 0 Å². The topological polar surface area (TPSA) is 29.1 Å². The second-order valence-corrected chi connectivity index (χ2v) is 3.62. The highest BCUT2D eigenvalue weighted by atomic mass is 16.2. The molecule has 2 heteroatoms. The van der Waals surface area contributed by atoms with Gasteiger partial charge in [0.05, 0.1) is 12.0 Å². The van der Waals surface area contributed by atoms with Crippen molar-refractivity contribution in [3.05, 3.63) is 12.2 Å². The Bertz CT molecular complexity index is 212. The molecule has 1 spiro atoms. The lowest BCUT2D eigenvalue weighted by molar-refractivity contribution is -0.131. The normalized spacial score (nSPS) is 36.7. The molecular formula is C9H13NO. The van der Waals surface area contributed by atoms with Crippen molar-refractivity contribution in [3.8, 4) is 0 Å². The summed E-state index contributed by atoms with van der Waals surface area (Å²) in [7, 11) is 0. The molecule has 1 unspecified atom stereocenters. The predicted octanol–water partition coefficient (Wildman–Crippen LogP) is 1.38. The third kappa shape index (κ3) is 0.889. The fraction of sp³-hybridized carbons (Fsp3) is 0.667. The van der Waals surface area contributed by atoms with Crippen LogP contribution in [0.4, 0.5) is 0 Å². The quantitative estimate of drug-likeness (QED) is 0.411. The first-order chi connectivity index (χ1) is 5.23. The first-order valence-corrected chi connectivity index (χ1v) is 4.22. The summed E-state index contributed by atoms with van der Waals surface area (Å²) >= 11 is 0. The molecule has 1 N–H and O–H groups in total. The Morgan fingerprint density at radius 3 is 2.73 bits per heavy atom. The lowest BCUT2D eigenvalue weighted by atomic mass is 9.71. The highest BCUT2D eigenvalue weighted by molar-refractivity contribution is 5.86. The summed E-state index contributed by atoms with van der Waals surface area (Å²) in [6.45, 7) is 4.01. The van der Waals surface area contributed by atoms with E-state index in [9.17, 15) is 4.79 Å². The van der Waals surface area contributed by atoms with Crippen molar-refractivity contribution in [1.82, 2.24) is 5.32 Å². The van der Waals surface area contributed by atoms with Crippen LogP contribution in [0.5, 0.6) is 0 Å². The number of rotatable bonds is 0. The van der Waals surface area contributed by atoms with Gasteiger partial charge in [-0.1, -0.05) is 18.6 Å². The molecule has 1 saturated heterocycles. The largest absolute Gasteiger partial charge is 0.346 e. The van der Waals surface area contributed by atoms with Gasteiger partial charge in [0.15, 0.2) is 0 Å². The maximum atomic E-state index is 10.8. The van der Waals surface area contributed by atoms with Crippen LogP contribution in [0.25, 0.3) is 0 Å². The molecular weight excluding hydrogens is 138 g/mol. The zero-order valence-corrected chi connectivity index (χ0v) is 6.65. The van der Waals surface area contributed by atoms with Crippen molar-refractivity contribution in [2.24, 2.45) is 0 Å². The van der Waals surface area contributed by atoms with Crippen molar-refractivity contribution >= 4 is 5.91 Å². The smallest absolute Gasteiger partial charge is 0.223 e. The van der Waals surface area contributed by atoms with Gasteiger partial charge in [-0.2, -0.15) is 0 Å². The molecule has 0 bridgehead atoms. The summed E-state index contributed by atoms with van der Waals surface area (Å²) in [4.78, 5) is 10.8. The Kier molecular flexibility index (Phi) is 1.31. The van der Waals surface area contributed by atoms with E-state index in [1.807, 2.05) is 0 Å². The summed E-state index contributed by atoms with van der Waals surface area (Å²) in [5.41, 5.74) is 1.28. The summed E-state index contributed by atoms with van der Waals surface area (Å²) < 4.78 is 0. The monoisotopic (exact) mass is 151 g/mol. The summed E-state index contributed by atoms with van der Waals surface area (Å²) in [6.07, 6.45) is 5.37. The molecule has 11 heavy (non-hydrogen) atoms. The molecule has 0 aromatic heterocycles. The lowest BCUT2D eigenvalue weighted by Gasteiger charge is -2.46. The number of carbonyl (C=O) groups is 1. The zero-order valence-electron chi connectivity index (χ0n) is 6.65. The molecule has 0 aromatic rings. The van der Waals surface area contributed by atoms with E-state index in [2.05, 4.69) is 11.9 Å². The minimum absolute atomic E-state index is 0.0370. The third-order valence-electron chi connectivity index (χ3n) is 2.85. The SMILES string of the molecule is C=C1CCCCC12CC(=O)N2. The molecule has 2 aliphatic rings. The van der Waals surface area contributed by atoms with E-state index in [0.717, 1.165) is 12.8 Å². The van der Waals surface area contributed by atoms with Gasteiger partial charge < -0.3 is 5.32 Å². The Hall–Kier alpha value is -0.790. The fourth-order valence-electron chi connectivity index (χ4n) is 2.07. The molecule has 0 radical (unpaired) electrons. The van der Waals surface area contributed by atoms with Crippen LogP contribution in [0.3, 0.4) is 0 Å².